The Balaban J connectivity index is 2.74. The van der Waals surface area contributed by atoms with Gasteiger partial charge in [0.15, 0.2) is 6.29 Å². The van der Waals surface area contributed by atoms with Gasteiger partial charge in [-0.1, -0.05) is 0 Å². The van der Waals surface area contributed by atoms with Crippen LogP contribution in [0.5, 0.6) is 0 Å². The van der Waals surface area contributed by atoms with E-state index in [0.717, 1.165) is 6.26 Å². The average molecular weight is 242 g/mol. The van der Waals surface area contributed by atoms with E-state index in [4.69, 9.17) is 9.47 Å². The van der Waals surface area contributed by atoms with E-state index in [1.54, 1.807) is 0 Å². The third-order valence-corrected chi connectivity index (χ3v) is 2.52. The molecule has 1 heterocycles. The average Bonchev–Trinajstić information content (AvgIpc) is 2.11. The number of hydrogen-bond acceptors (Lipinski definition) is 7. The maximum absolute atomic E-state index is 10.9. The minimum Gasteiger partial charge on any atom is -0.388 e. The van der Waals surface area contributed by atoms with Gasteiger partial charge in [-0.15, -0.1) is 0 Å². The Labute approximate surface area is 87.7 Å². The predicted octanol–water partition coefficient (Wildman–Crippen LogP) is -1.94. The minimum absolute atomic E-state index is 0.157. The lowest BCUT2D eigenvalue weighted by Crippen LogP contribution is -2.55. The molecular weight excluding hydrogens is 228 g/mol. The van der Waals surface area contributed by atoms with Crippen LogP contribution in [0.3, 0.4) is 0 Å². The van der Waals surface area contributed by atoms with E-state index < -0.39 is 34.7 Å². The summed E-state index contributed by atoms with van der Waals surface area (Å²) >= 11 is 0. The highest BCUT2D eigenvalue weighted by Gasteiger charge is 2.41. The van der Waals surface area contributed by atoms with Gasteiger partial charge in [0.1, 0.15) is 18.3 Å². The second-order valence-corrected chi connectivity index (χ2v) is 4.86. The van der Waals surface area contributed by atoms with E-state index in [1.807, 2.05) is 0 Å². The molecule has 1 fully saturated rings. The molecule has 0 aromatic heterocycles. The van der Waals surface area contributed by atoms with E-state index in [0.29, 0.717) is 0 Å². The van der Waals surface area contributed by atoms with Crippen molar-refractivity contribution in [2.45, 2.75) is 24.6 Å². The van der Waals surface area contributed by atoms with Crippen molar-refractivity contribution in [1.29, 1.82) is 0 Å². The zero-order valence-electron chi connectivity index (χ0n) is 8.36. The molecule has 0 saturated carbocycles. The summed E-state index contributed by atoms with van der Waals surface area (Å²) in [7, 11) is -2.46. The molecule has 0 bridgehead atoms. The van der Waals surface area contributed by atoms with Crippen molar-refractivity contribution in [3.05, 3.63) is 0 Å². The van der Waals surface area contributed by atoms with Gasteiger partial charge in [-0.3, -0.25) is 4.18 Å². The lowest BCUT2D eigenvalue weighted by atomic mass is 10.1. The van der Waals surface area contributed by atoms with E-state index >= 15 is 0 Å². The molecule has 0 spiro atoms. The van der Waals surface area contributed by atoms with Crippen molar-refractivity contribution in [3.63, 3.8) is 0 Å². The van der Waals surface area contributed by atoms with Crippen molar-refractivity contribution in [1.82, 2.24) is 0 Å². The molecule has 7 nitrogen and oxygen atoms in total. The molecule has 8 heteroatoms. The highest BCUT2D eigenvalue weighted by atomic mass is 32.2. The summed E-state index contributed by atoms with van der Waals surface area (Å²) in [6.07, 6.45) is -3.99. The van der Waals surface area contributed by atoms with Crippen LogP contribution in [0.15, 0.2) is 0 Å². The van der Waals surface area contributed by atoms with Crippen molar-refractivity contribution >= 4 is 10.1 Å². The standard InChI is InChI=1S/C7H14O7S/c1-12-7-5(9)6(4(8)3-13-7)14-15(2,10)11/h4-9H,3H2,1-2H3/t4-,5+,6-,7-/m0/s1. The van der Waals surface area contributed by atoms with Gasteiger partial charge in [-0.05, 0) is 0 Å². The van der Waals surface area contributed by atoms with Crippen LogP contribution < -0.4 is 0 Å². The first-order valence-electron chi connectivity index (χ1n) is 4.24. The van der Waals surface area contributed by atoms with Crippen molar-refractivity contribution in [3.8, 4) is 0 Å². The number of aliphatic hydroxyl groups excluding tert-OH is 2. The third kappa shape index (κ3) is 3.37. The van der Waals surface area contributed by atoms with Crippen LogP contribution in [0.4, 0.5) is 0 Å². The molecule has 4 atom stereocenters. The number of methoxy groups -OCH3 is 1. The molecular formula is C7H14O7S. The normalized spacial score (nSPS) is 37.9. The maximum Gasteiger partial charge on any atom is 0.264 e. The van der Waals surface area contributed by atoms with Crippen LogP contribution in [0, 0.1) is 0 Å². The quantitative estimate of drug-likeness (QED) is 0.555. The number of hydrogen-bond donors (Lipinski definition) is 2. The zero-order valence-corrected chi connectivity index (χ0v) is 9.18. The Bertz CT molecular complexity index is 300. The number of rotatable bonds is 3. The van der Waals surface area contributed by atoms with Crippen molar-refractivity contribution in [2.24, 2.45) is 0 Å². The fraction of sp³-hybridized carbons (Fsp3) is 1.00. The molecule has 0 radical (unpaired) electrons. The Morgan fingerprint density at radius 2 is 2.00 bits per heavy atom. The molecule has 0 amide bonds. The second-order valence-electron chi connectivity index (χ2n) is 3.26. The highest BCUT2D eigenvalue weighted by Crippen LogP contribution is 2.20. The Morgan fingerprint density at radius 3 is 2.47 bits per heavy atom. The Kier molecular flexibility index (Phi) is 4.04. The van der Waals surface area contributed by atoms with Gasteiger partial charge < -0.3 is 19.7 Å². The van der Waals surface area contributed by atoms with Crippen LogP contribution in [0.25, 0.3) is 0 Å². The van der Waals surface area contributed by atoms with Crippen LogP contribution in [-0.4, -0.2) is 63.2 Å². The molecule has 2 N–H and O–H groups in total. The van der Waals surface area contributed by atoms with Crippen LogP contribution >= 0.6 is 0 Å². The maximum atomic E-state index is 10.9. The van der Waals surface area contributed by atoms with E-state index in [9.17, 15) is 18.6 Å². The van der Waals surface area contributed by atoms with Gasteiger partial charge in [0.2, 0.25) is 0 Å². The monoisotopic (exact) mass is 242 g/mol. The summed E-state index contributed by atoms with van der Waals surface area (Å²) in [6.45, 7) is -0.157. The summed E-state index contributed by atoms with van der Waals surface area (Å²) in [5, 5.41) is 18.9. The molecule has 1 saturated heterocycles. The molecule has 0 unspecified atom stereocenters. The third-order valence-electron chi connectivity index (χ3n) is 1.94. The fourth-order valence-corrected chi connectivity index (χ4v) is 1.95. The van der Waals surface area contributed by atoms with Gasteiger partial charge in [-0.2, -0.15) is 8.42 Å². The zero-order chi connectivity index (χ0) is 11.6. The van der Waals surface area contributed by atoms with Gasteiger partial charge in [0, 0.05) is 7.11 Å². The van der Waals surface area contributed by atoms with Crippen molar-refractivity contribution < 1.29 is 32.3 Å². The Morgan fingerprint density at radius 1 is 1.40 bits per heavy atom. The SMILES string of the molecule is CO[C@H]1OC[C@H](O)[C@H](OS(C)(=O)=O)[C@H]1O. The van der Waals surface area contributed by atoms with Gasteiger partial charge in [-0.25, -0.2) is 0 Å². The molecule has 0 aliphatic carbocycles. The molecule has 90 valence electrons. The predicted molar refractivity (Wildman–Crippen MR) is 48.5 cm³/mol. The molecule has 0 aromatic carbocycles. The summed E-state index contributed by atoms with van der Waals surface area (Å²) in [5.41, 5.74) is 0. The lowest BCUT2D eigenvalue weighted by Gasteiger charge is -2.35. The van der Waals surface area contributed by atoms with E-state index in [1.165, 1.54) is 7.11 Å². The van der Waals surface area contributed by atoms with Crippen LogP contribution in [-0.2, 0) is 23.8 Å². The second kappa shape index (κ2) is 4.73. The summed E-state index contributed by atoms with van der Waals surface area (Å²) in [4.78, 5) is 0. The summed E-state index contributed by atoms with van der Waals surface area (Å²) < 4.78 is 35.9. The highest BCUT2D eigenvalue weighted by molar-refractivity contribution is 7.86. The minimum atomic E-state index is -3.75. The van der Waals surface area contributed by atoms with Crippen LogP contribution in [0.1, 0.15) is 0 Å². The van der Waals surface area contributed by atoms with E-state index in [2.05, 4.69) is 4.18 Å². The number of aliphatic hydroxyl groups is 2. The molecule has 1 aliphatic rings. The fourth-order valence-electron chi connectivity index (χ4n) is 1.30. The first kappa shape index (κ1) is 12.8. The largest absolute Gasteiger partial charge is 0.388 e. The molecule has 1 aliphatic heterocycles. The summed E-state index contributed by atoms with van der Waals surface area (Å²) in [5.74, 6) is 0. The van der Waals surface area contributed by atoms with Gasteiger partial charge in [0.25, 0.3) is 10.1 Å². The molecule has 15 heavy (non-hydrogen) atoms. The van der Waals surface area contributed by atoms with Crippen LogP contribution in [0.2, 0.25) is 0 Å². The number of ether oxygens (including phenoxy) is 2. The van der Waals surface area contributed by atoms with E-state index in [-0.39, 0.29) is 6.61 Å². The van der Waals surface area contributed by atoms with Crippen molar-refractivity contribution in [2.75, 3.05) is 20.0 Å². The lowest BCUT2D eigenvalue weighted by molar-refractivity contribution is -0.256. The topological polar surface area (TPSA) is 102 Å². The molecule has 0 aromatic rings. The smallest absolute Gasteiger partial charge is 0.264 e. The molecule has 1 rings (SSSR count). The first-order valence-corrected chi connectivity index (χ1v) is 6.05. The summed E-state index contributed by atoms with van der Waals surface area (Å²) in [6, 6.07) is 0. The van der Waals surface area contributed by atoms with Gasteiger partial charge in [0.05, 0.1) is 12.9 Å². The Hall–Kier alpha value is -0.250. The first-order chi connectivity index (χ1) is 6.85. The van der Waals surface area contributed by atoms with Gasteiger partial charge >= 0.3 is 0 Å².